The average molecular weight is 1210 g/mol. The summed E-state index contributed by atoms with van der Waals surface area (Å²) < 4.78 is 22.9. The van der Waals surface area contributed by atoms with Gasteiger partial charge in [-0.05, 0) is 38.5 Å². The predicted molar refractivity (Wildman–Crippen MR) is 346 cm³/mol. The summed E-state index contributed by atoms with van der Waals surface area (Å²) >= 11 is 0. The Labute approximate surface area is 520 Å². The number of aliphatic hydroxyl groups excluding tert-OH is 8. The molecule has 0 aromatic carbocycles. The van der Waals surface area contributed by atoms with E-state index in [2.05, 4.69) is 31.3 Å². The molecule has 0 aliphatic carbocycles. The highest BCUT2D eigenvalue weighted by Gasteiger charge is 2.51. The summed E-state index contributed by atoms with van der Waals surface area (Å²) in [6.07, 6.45) is 52.3. The molecule has 2 rings (SSSR count). The lowest BCUT2D eigenvalue weighted by atomic mass is 9.97. The van der Waals surface area contributed by atoms with Gasteiger partial charge < -0.3 is 65.1 Å². The molecule has 0 bridgehead atoms. The molecule has 2 aliphatic heterocycles. The van der Waals surface area contributed by atoms with Crippen molar-refractivity contribution >= 4 is 5.91 Å². The fourth-order valence-electron chi connectivity index (χ4n) is 12.4. The maximum absolute atomic E-state index is 13.4. The van der Waals surface area contributed by atoms with Crippen LogP contribution in [0.2, 0.25) is 0 Å². The van der Waals surface area contributed by atoms with Crippen LogP contribution in [-0.2, 0) is 23.7 Å². The molecule has 9 N–H and O–H groups in total. The summed E-state index contributed by atoms with van der Waals surface area (Å²) in [5.74, 6) is -0.198. The molecule has 1 amide bonds. The van der Waals surface area contributed by atoms with Gasteiger partial charge in [0.2, 0.25) is 5.91 Å². The molecule has 12 atom stereocenters. The molecule has 0 saturated carbocycles. The monoisotopic (exact) mass is 1210 g/mol. The van der Waals surface area contributed by atoms with Crippen LogP contribution in [-0.4, -0.2) is 140 Å². The van der Waals surface area contributed by atoms with Crippen molar-refractivity contribution in [1.29, 1.82) is 0 Å². The van der Waals surface area contributed by atoms with Gasteiger partial charge in [0, 0.05) is 6.42 Å². The number of aliphatic hydroxyl groups is 8. The molecule has 2 saturated heterocycles. The summed E-state index contributed by atoms with van der Waals surface area (Å²) in [6.45, 7) is 2.92. The van der Waals surface area contributed by atoms with Crippen molar-refractivity contribution in [2.24, 2.45) is 0 Å². The van der Waals surface area contributed by atoms with Crippen molar-refractivity contribution in [3.63, 3.8) is 0 Å². The van der Waals surface area contributed by atoms with Crippen LogP contribution in [0.1, 0.15) is 341 Å². The average Bonchev–Trinajstić information content (AvgIpc) is 3.69. The smallest absolute Gasteiger partial charge is 0.220 e. The van der Waals surface area contributed by atoms with Gasteiger partial charge in [-0.15, -0.1) is 0 Å². The Morgan fingerprint density at radius 3 is 1.12 bits per heavy atom. The predicted octanol–water partition coefficient (Wildman–Crippen LogP) is 15.0. The maximum Gasteiger partial charge on any atom is 0.220 e. The first kappa shape index (κ1) is 79.8. The first-order chi connectivity index (χ1) is 41.6. The van der Waals surface area contributed by atoms with Crippen molar-refractivity contribution < 1.29 is 64.6 Å². The minimum atomic E-state index is -1.78. The highest BCUT2D eigenvalue weighted by atomic mass is 16.7. The summed E-state index contributed by atoms with van der Waals surface area (Å²) in [4.78, 5) is 13.4. The van der Waals surface area contributed by atoms with E-state index in [4.69, 9.17) is 18.9 Å². The van der Waals surface area contributed by atoms with E-state index in [0.717, 1.165) is 51.4 Å². The molecular weight excluding hydrogens is 1070 g/mol. The SMILES string of the molecule is CCCCCCCCCC/C=C\CCCCCCCCCCCCCCCCCCCC(=O)NC(COC1OC(CO)C(OC2OC(CO)C(O)C(O)C2O)C(O)C1O)C(O)CCCCCCCCCCCCCCCCCCCCCCCC. The zero-order valence-electron chi connectivity index (χ0n) is 54.9. The minimum Gasteiger partial charge on any atom is -0.394 e. The van der Waals surface area contributed by atoms with E-state index in [9.17, 15) is 45.6 Å². The van der Waals surface area contributed by atoms with Crippen LogP contribution in [0.15, 0.2) is 12.2 Å². The largest absolute Gasteiger partial charge is 0.394 e. The van der Waals surface area contributed by atoms with Crippen molar-refractivity contribution in [1.82, 2.24) is 5.32 Å². The molecule has 2 fully saturated rings. The molecule has 14 nitrogen and oxygen atoms in total. The van der Waals surface area contributed by atoms with E-state index < -0.39 is 86.8 Å². The van der Waals surface area contributed by atoms with E-state index in [1.165, 1.54) is 263 Å². The van der Waals surface area contributed by atoms with Gasteiger partial charge in [-0.2, -0.15) is 0 Å². The number of hydrogen-bond acceptors (Lipinski definition) is 13. The molecule has 0 radical (unpaired) electrons. The van der Waals surface area contributed by atoms with E-state index in [1.807, 2.05) is 0 Å². The number of carbonyl (C=O) groups is 1. The Bertz CT molecular complexity index is 1470. The topological polar surface area (TPSA) is 228 Å². The van der Waals surface area contributed by atoms with E-state index in [1.54, 1.807) is 0 Å². The van der Waals surface area contributed by atoms with Crippen molar-refractivity contribution in [3.8, 4) is 0 Å². The number of nitrogens with one attached hydrogen (secondary N) is 1. The van der Waals surface area contributed by atoms with Gasteiger partial charge >= 0.3 is 0 Å². The van der Waals surface area contributed by atoms with Crippen LogP contribution in [0.3, 0.4) is 0 Å². The number of allylic oxidation sites excluding steroid dienone is 2. The number of hydrogen-bond donors (Lipinski definition) is 9. The van der Waals surface area contributed by atoms with Crippen LogP contribution < -0.4 is 5.32 Å². The lowest BCUT2D eigenvalue weighted by Gasteiger charge is -2.46. The molecule has 85 heavy (non-hydrogen) atoms. The molecule has 504 valence electrons. The van der Waals surface area contributed by atoms with Crippen molar-refractivity contribution in [3.05, 3.63) is 12.2 Å². The number of rotatable bonds is 61. The van der Waals surface area contributed by atoms with Crippen molar-refractivity contribution in [2.75, 3.05) is 19.8 Å². The second kappa shape index (κ2) is 56.7. The molecule has 12 unspecified atom stereocenters. The summed E-state index contributed by atoms with van der Waals surface area (Å²) in [5, 5.41) is 87.7. The van der Waals surface area contributed by atoms with Gasteiger partial charge in [0.1, 0.15) is 48.8 Å². The van der Waals surface area contributed by atoms with Crippen molar-refractivity contribution in [2.45, 2.75) is 415 Å². The lowest BCUT2D eigenvalue weighted by molar-refractivity contribution is -0.359. The molecule has 0 spiro atoms. The second-order valence-electron chi connectivity index (χ2n) is 26.1. The van der Waals surface area contributed by atoms with Gasteiger partial charge in [0.05, 0.1) is 32.0 Å². The van der Waals surface area contributed by atoms with E-state index in [-0.39, 0.29) is 12.5 Å². The highest BCUT2D eigenvalue weighted by Crippen LogP contribution is 2.30. The molecule has 0 aromatic heterocycles. The Morgan fingerprint density at radius 1 is 0.412 bits per heavy atom. The Kier molecular flexibility index (Phi) is 53.2. The Morgan fingerprint density at radius 2 is 0.741 bits per heavy atom. The van der Waals surface area contributed by atoms with Crippen LogP contribution in [0.4, 0.5) is 0 Å². The lowest BCUT2D eigenvalue weighted by Crippen LogP contribution is -2.65. The van der Waals surface area contributed by atoms with Gasteiger partial charge in [-0.3, -0.25) is 4.79 Å². The summed E-state index contributed by atoms with van der Waals surface area (Å²) in [6, 6.07) is -0.826. The molecule has 2 aliphatic rings. The first-order valence-corrected chi connectivity index (χ1v) is 36.4. The van der Waals surface area contributed by atoms with Gasteiger partial charge in [0.15, 0.2) is 12.6 Å². The Hall–Kier alpha value is -1.27. The third kappa shape index (κ3) is 41.0. The van der Waals surface area contributed by atoms with Crippen LogP contribution >= 0.6 is 0 Å². The fourth-order valence-corrected chi connectivity index (χ4v) is 12.4. The number of ether oxygens (including phenoxy) is 4. The number of carbonyl (C=O) groups excluding carboxylic acids is 1. The first-order valence-electron chi connectivity index (χ1n) is 36.4. The molecular formula is C71H137NO13. The minimum absolute atomic E-state index is 0.198. The normalized spacial score (nSPS) is 23.5. The Balaban J connectivity index is 1.64. The summed E-state index contributed by atoms with van der Waals surface area (Å²) in [5.41, 5.74) is 0. The standard InChI is InChI=1S/C71H137NO13/c1-3-5-7-9-11-13-15-17-19-21-23-25-27-28-29-30-31-32-33-35-37-39-41-43-45-47-49-51-53-55-63(76)72-59(58-82-70-68(81)66(79)69(62(57-74)84-70)85-71-67(80)65(78)64(77)61(56-73)83-71)60(75)54-52-50-48-46-44-42-40-38-36-34-26-24-22-20-18-16-14-12-10-8-6-4-2/h21,23,59-62,64-71,73-75,77-81H,3-20,22,24-58H2,1-2H3,(H,72,76)/b23-21-. The number of amides is 1. The van der Waals surface area contributed by atoms with Gasteiger partial charge in [-0.25, -0.2) is 0 Å². The second-order valence-corrected chi connectivity index (χ2v) is 26.1. The quantitative estimate of drug-likeness (QED) is 0.0204. The highest BCUT2D eigenvalue weighted by molar-refractivity contribution is 5.76. The van der Waals surface area contributed by atoms with Gasteiger partial charge in [-0.1, -0.05) is 309 Å². The fraction of sp³-hybridized carbons (Fsp3) is 0.958. The van der Waals surface area contributed by atoms with E-state index in [0.29, 0.717) is 12.8 Å². The third-order valence-electron chi connectivity index (χ3n) is 18.2. The third-order valence-corrected chi connectivity index (χ3v) is 18.2. The van der Waals surface area contributed by atoms with Crippen LogP contribution in [0.5, 0.6) is 0 Å². The van der Waals surface area contributed by atoms with E-state index >= 15 is 0 Å². The number of unbranched alkanes of at least 4 members (excludes halogenated alkanes) is 46. The molecule has 0 aromatic rings. The molecule has 14 heteroatoms. The van der Waals surface area contributed by atoms with Gasteiger partial charge in [0.25, 0.3) is 0 Å². The summed E-state index contributed by atoms with van der Waals surface area (Å²) in [7, 11) is 0. The zero-order valence-corrected chi connectivity index (χ0v) is 54.9. The van der Waals surface area contributed by atoms with Crippen LogP contribution in [0.25, 0.3) is 0 Å². The van der Waals surface area contributed by atoms with Crippen LogP contribution in [0, 0.1) is 0 Å². The molecule has 2 heterocycles. The maximum atomic E-state index is 13.4. The zero-order chi connectivity index (χ0) is 61.6.